The molecule has 0 radical (unpaired) electrons. The SMILES string of the molecule is C=Cc1ccc(S(=O)(=O)N2C/C=C/CN(S(=O)(=O)CC[Si](C)(C)C)C/C=C/CN(S(=O)(=O)c3ccc(C)cc3)C/C=C/C2)cc1. The molecule has 1 heterocycles. The van der Waals surface area contributed by atoms with E-state index < -0.39 is 38.1 Å². The standard InChI is InChI=1S/C32H45N3O6S3Si/c1-6-30-15-19-32(20-16-30)44(40,41)35-24-10-8-22-33(42(36,37)27-28-45(3,4)5)21-7-9-23-34(25-11-12-26-35)43(38,39)31-17-13-29(2)14-18-31/h6-20H,1,21-28H2,2-5H3/b9-7+,10-8+,12-11+. The summed E-state index contributed by atoms with van der Waals surface area (Å²) in [6, 6.07) is 13.5. The Morgan fingerprint density at radius 2 is 0.978 bits per heavy atom. The van der Waals surface area contributed by atoms with E-state index in [9.17, 15) is 25.3 Å². The third kappa shape index (κ3) is 10.7. The number of nitrogens with zero attached hydrogens (tertiary/aromatic N) is 3. The average Bonchev–Trinajstić information content (AvgIpc) is 2.99. The van der Waals surface area contributed by atoms with Crippen molar-refractivity contribution >= 4 is 44.2 Å². The summed E-state index contributed by atoms with van der Waals surface area (Å²) in [5, 5.41) is 0. The Hall–Kier alpha value is -2.65. The van der Waals surface area contributed by atoms with Gasteiger partial charge in [-0.15, -0.1) is 0 Å². The molecular weight excluding hydrogens is 647 g/mol. The molecule has 0 atom stereocenters. The van der Waals surface area contributed by atoms with Gasteiger partial charge in [0.1, 0.15) is 0 Å². The lowest BCUT2D eigenvalue weighted by Gasteiger charge is -2.23. The van der Waals surface area contributed by atoms with Crippen LogP contribution in [0, 0.1) is 6.92 Å². The highest BCUT2D eigenvalue weighted by Gasteiger charge is 2.26. The van der Waals surface area contributed by atoms with Crippen molar-refractivity contribution in [1.82, 2.24) is 12.9 Å². The molecule has 0 bridgehead atoms. The summed E-state index contributed by atoms with van der Waals surface area (Å²) in [7, 11) is -13.1. The largest absolute Gasteiger partial charge is 0.243 e. The number of hydrogen-bond donors (Lipinski definition) is 0. The average molecular weight is 692 g/mol. The van der Waals surface area contributed by atoms with Crippen molar-refractivity contribution in [3.63, 3.8) is 0 Å². The zero-order chi connectivity index (χ0) is 33.3. The van der Waals surface area contributed by atoms with Crippen molar-refractivity contribution in [3.05, 3.63) is 103 Å². The van der Waals surface area contributed by atoms with Gasteiger partial charge in [0.05, 0.1) is 15.5 Å². The number of benzene rings is 2. The van der Waals surface area contributed by atoms with Crippen molar-refractivity contribution in [3.8, 4) is 0 Å². The van der Waals surface area contributed by atoms with Gasteiger partial charge in [-0.1, -0.05) is 98.6 Å². The number of sulfonamides is 3. The molecule has 0 amide bonds. The van der Waals surface area contributed by atoms with E-state index in [4.69, 9.17) is 0 Å². The van der Waals surface area contributed by atoms with Gasteiger partial charge in [0.25, 0.3) is 0 Å². The molecule has 0 aromatic heterocycles. The highest BCUT2D eigenvalue weighted by atomic mass is 32.2. The second kappa shape index (κ2) is 15.8. The van der Waals surface area contributed by atoms with Crippen LogP contribution in [0.25, 0.3) is 6.08 Å². The maximum atomic E-state index is 13.6. The topological polar surface area (TPSA) is 112 Å². The van der Waals surface area contributed by atoms with Crippen LogP contribution in [0.2, 0.25) is 25.7 Å². The van der Waals surface area contributed by atoms with Crippen molar-refractivity contribution in [2.24, 2.45) is 0 Å². The molecule has 13 heteroatoms. The van der Waals surface area contributed by atoms with Crippen LogP contribution in [0.15, 0.2) is 101 Å². The molecule has 45 heavy (non-hydrogen) atoms. The summed E-state index contributed by atoms with van der Waals surface area (Å²) in [6.45, 7) is 12.0. The van der Waals surface area contributed by atoms with Crippen LogP contribution in [0.5, 0.6) is 0 Å². The van der Waals surface area contributed by atoms with Crippen LogP contribution in [-0.4, -0.2) is 91.3 Å². The maximum Gasteiger partial charge on any atom is 0.243 e. The molecule has 0 saturated heterocycles. The number of hydrogen-bond acceptors (Lipinski definition) is 6. The summed E-state index contributed by atoms with van der Waals surface area (Å²) in [4.78, 5) is 0.246. The van der Waals surface area contributed by atoms with Gasteiger partial charge in [0, 0.05) is 47.3 Å². The van der Waals surface area contributed by atoms with Crippen LogP contribution >= 0.6 is 0 Å². The van der Waals surface area contributed by atoms with E-state index in [1.54, 1.807) is 78.9 Å². The van der Waals surface area contributed by atoms with Crippen molar-refractivity contribution in [1.29, 1.82) is 0 Å². The quantitative estimate of drug-likeness (QED) is 0.271. The first-order chi connectivity index (χ1) is 21.1. The summed E-state index contributed by atoms with van der Waals surface area (Å²) in [6.07, 6.45) is 11.6. The highest BCUT2D eigenvalue weighted by molar-refractivity contribution is 7.89. The molecule has 9 nitrogen and oxygen atoms in total. The Morgan fingerprint density at radius 3 is 1.33 bits per heavy atom. The molecular formula is C32H45N3O6S3Si. The molecule has 1 aliphatic heterocycles. The van der Waals surface area contributed by atoms with Crippen molar-refractivity contribution < 1.29 is 25.3 Å². The van der Waals surface area contributed by atoms with Gasteiger partial charge in [-0.3, -0.25) is 0 Å². The minimum atomic E-state index is -3.93. The molecule has 0 N–H and O–H groups in total. The highest BCUT2D eigenvalue weighted by Crippen LogP contribution is 2.19. The predicted molar refractivity (Wildman–Crippen MR) is 186 cm³/mol. The summed E-state index contributed by atoms with van der Waals surface area (Å²) >= 11 is 0. The molecule has 2 aromatic rings. The second-order valence-corrected chi connectivity index (χ2v) is 23.7. The monoisotopic (exact) mass is 691 g/mol. The van der Waals surface area contributed by atoms with Gasteiger partial charge in [-0.2, -0.15) is 12.9 Å². The molecule has 1 aliphatic rings. The van der Waals surface area contributed by atoms with E-state index in [0.29, 0.717) is 6.04 Å². The molecule has 0 saturated carbocycles. The third-order valence-corrected chi connectivity index (χ3v) is 14.9. The molecule has 0 unspecified atom stereocenters. The Labute approximate surface area is 271 Å². The Kier molecular flexibility index (Phi) is 12.9. The summed E-state index contributed by atoms with van der Waals surface area (Å²) in [5.74, 6) is 0.0173. The molecule has 2 aromatic carbocycles. The first-order valence-corrected chi connectivity index (χ1v) is 23.0. The fourth-order valence-corrected chi connectivity index (χ4v) is 11.4. The number of aryl methyl sites for hydroxylation is 1. The smallest absolute Gasteiger partial charge is 0.212 e. The summed E-state index contributed by atoms with van der Waals surface area (Å²) < 4.78 is 85.1. The summed E-state index contributed by atoms with van der Waals surface area (Å²) in [5.41, 5.74) is 1.71. The van der Waals surface area contributed by atoms with E-state index in [1.165, 1.54) is 25.0 Å². The Balaban J connectivity index is 1.98. The fourth-order valence-electron chi connectivity index (χ4n) is 4.34. The van der Waals surface area contributed by atoms with E-state index >= 15 is 0 Å². The van der Waals surface area contributed by atoms with E-state index in [0.717, 1.165) is 11.1 Å². The lowest BCUT2D eigenvalue weighted by atomic mass is 10.2. The molecule has 0 aliphatic carbocycles. The van der Waals surface area contributed by atoms with Gasteiger partial charge in [0.2, 0.25) is 30.1 Å². The van der Waals surface area contributed by atoms with Crippen molar-refractivity contribution in [2.45, 2.75) is 42.4 Å². The minimum Gasteiger partial charge on any atom is -0.212 e. The lowest BCUT2D eigenvalue weighted by Crippen LogP contribution is -2.36. The minimum absolute atomic E-state index is 0.000105. The Morgan fingerprint density at radius 1 is 0.622 bits per heavy atom. The van der Waals surface area contributed by atoms with E-state index in [1.807, 2.05) is 6.92 Å². The van der Waals surface area contributed by atoms with Crippen LogP contribution < -0.4 is 0 Å². The second-order valence-electron chi connectivity index (χ2n) is 12.1. The third-order valence-electron chi connectivity index (χ3n) is 7.27. The van der Waals surface area contributed by atoms with Gasteiger partial charge in [-0.05, 0) is 42.8 Å². The Bertz CT molecular complexity index is 1710. The zero-order valence-electron chi connectivity index (χ0n) is 26.5. The molecule has 246 valence electrons. The van der Waals surface area contributed by atoms with Gasteiger partial charge < -0.3 is 0 Å². The molecule has 3 rings (SSSR count). The van der Waals surface area contributed by atoms with Crippen LogP contribution in [0.1, 0.15) is 11.1 Å². The van der Waals surface area contributed by atoms with Crippen LogP contribution in [0.4, 0.5) is 0 Å². The van der Waals surface area contributed by atoms with E-state index in [-0.39, 0.29) is 54.8 Å². The fraction of sp³-hybridized carbons (Fsp3) is 0.375. The van der Waals surface area contributed by atoms with Gasteiger partial charge >= 0.3 is 0 Å². The normalized spacial score (nSPS) is 19.6. The first-order valence-electron chi connectivity index (χ1n) is 14.8. The van der Waals surface area contributed by atoms with Gasteiger partial charge in [-0.25, -0.2) is 25.3 Å². The van der Waals surface area contributed by atoms with Crippen LogP contribution in [0.3, 0.4) is 0 Å². The van der Waals surface area contributed by atoms with E-state index in [2.05, 4.69) is 26.2 Å². The number of rotatable bonds is 9. The maximum absolute atomic E-state index is 13.6. The molecule has 0 spiro atoms. The molecule has 0 fully saturated rings. The lowest BCUT2D eigenvalue weighted by molar-refractivity contribution is 0.465. The van der Waals surface area contributed by atoms with Crippen LogP contribution in [-0.2, 0) is 30.1 Å². The van der Waals surface area contributed by atoms with Crippen molar-refractivity contribution in [2.75, 3.05) is 45.0 Å². The first kappa shape index (κ1) is 36.8. The zero-order valence-corrected chi connectivity index (χ0v) is 30.0. The predicted octanol–water partition coefficient (Wildman–Crippen LogP) is 4.97. The van der Waals surface area contributed by atoms with Gasteiger partial charge in [0.15, 0.2) is 0 Å².